The molecule has 0 unspecified atom stereocenters. The van der Waals surface area contributed by atoms with E-state index in [0.29, 0.717) is 47.7 Å². The lowest BCUT2D eigenvalue weighted by Crippen LogP contribution is -2.18. The number of methoxy groups -OCH3 is 1. The third-order valence-electron chi connectivity index (χ3n) is 4.41. The zero-order chi connectivity index (χ0) is 22.8. The second-order valence-corrected chi connectivity index (χ2v) is 6.57. The van der Waals surface area contributed by atoms with Crippen molar-refractivity contribution in [2.45, 2.75) is 0 Å². The number of aliphatic imine (C=N–C) groups is 1. The van der Waals surface area contributed by atoms with Gasteiger partial charge in [-0.05, 0) is 24.9 Å². The number of nitrogens with zero attached hydrogens (tertiary/aromatic N) is 4. The van der Waals surface area contributed by atoms with E-state index in [1.807, 2.05) is 48.5 Å². The summed E-state index contributed by atoms with van der Waals surface area (Å²) in [5.74, 6) is 1.72. The quantitative estimate of drug-likeness (QED) is 0.241. The number of ether oxygens (including phenoxy) is 1. The lowest BCUT2D eigenvalue weighted by Gasteiger charge is -2.18. The van der Waals surface area contributed by atoms with Crippen molar-refractivity contribution < 1.29 is 4.74 Å². The summed E-state index contributed by atoms with van der Waals surface area (Å²) in [6.07, 6.45) is 4.94. The lowest BCUT2D eigenvalue weighted by molar-refractivity contribution is 0.210. The first-order valence-corrected chi connectivity index (χ1v) is 9.95. The van der Waals surface area contributed by atoms with E-state index in [1.165, 1.54) is 0 Å². The van der Waals surface area contributed by atoms with Crippen molar-refractivity contribution in [3.63, 3.8) is 0 Å². The van der Waals surface area contributed by atoms with Gasteiger partial charge in [0.15, 0.2) is 5.82 Å². The first-order chi connectivity index (χ1) is 15.7. The summed E-state index contributed by atoms with van der Waals surface area (Å²) >= 11 is 0. The maximum Gasteiger partial charge on any atom is 0.182 e. The number of hydrogen-bond acceptors (Lipinski definition) is 8. The van der Waals surface area contributed by atoms with Crippen LogP contribution >= 0.6 is 0 Å². The average molecular weight is 428 g/mol. The van der Waals surface area contributed by atoms with Crippen LogP contribution in [0.3, 0.4) is 0 Å². The van der Waals surface area contributed by atoms with Crippen LogP contribution in [0.25, 0.3) is 11.5 Å². The topological polar surface area (TPSA) is 108 Å². The Balaban J connectivity index is 2.21. The van der Waals surface area contributed by atoms with Crippen LogP contribution in [0.2, 0.25) is 0 Å². The molecule has 32 heavy (non-hydrogen) atoms. The molecule has 162 valence electrons. The van der Waals surface area contributed by atoms with Crippen LogP contribution < -0.4 is 10.6 Å². The Bertz CT molecular complexity index is 1110. The Morgan fingerprint density at radius 3 is 2.53 bits per heavy atom. The van der Waals surface area contributed by atoms with E-state index in [2.05, 4.69) is 38.9 Å². The van der Waals surface area contributed by atoms with Crippen LogP contribution in [-0.2, 0) is 4.74 Å². The highest BCUT2D eigenvalue weighted by Crippen LogP contribution is 2.28. The minimum Gasteiger partial charge on any atom is -0.383 e. The van der Waals surface area contributed by atoms with Crippen molar-refractivity contribution in [1.29, 1.82) is 5.41 Å². The summed E-state index contributed by atoms with van der Waals surface area (Å²) in [6, 6.07) is 14.9. The summed E-state index contributed by atoms with van der Waals surface area (Å²) in [5, 5.41) is 15.3. The van der Waals surface area contributed by atoms with Gasteiger partial charge in [0.25, 0.3) is 0 Å². The van der Waals surface area contributed by atoms with Crippen LogP contribution in [0.1, 0.15) is 11.1 Å². The monoisotopic (exact) mass is 427 g/mol. The van der Waals surface area contributed by atoms with E-state index in [-0.39, 0.29) is 5.71 Å². The number of allylic oxidation sites excluding steroid dienone is 2. The minimum atomic E-state index is 0.252. The molecule has 0 spiro atoms. The van der Waals surface area contributed by atoms with Crippen molar-refractivity contribution in [2.75, 3.05) is 30.9 Å². The SMILES string of the molecule is C=C/C=C(\N=C)Nc1nc(-c2ccccn2)nc(NCCOC)c1C(=N)c1ccccc1. The summed E-state index contributed by atoms with van der Waals surface area (Å²) < 4.78 is 5.18. The van der Waals surface area contributed by atoms with Crippen LogP contribution in [-0.4, -0.2) is 47.6 Å². The Morgan fingerprint density at radius 2 is 1.88 bits per heavy atom. The Hall–Kier alpha value is -4.17. The van der Waals surface area contributed by atoms with E-state index < -0.39 is 0 Å². The molecule has 0 bridgehead atoms. The van der Waals surface area contributed by atoms with Gasteiger partial charge in [-0.15, -0.1) is 0 Å². The number of nitrogens with one attached hydrogen (secondary N) is 3. The number of benzene rings is 1. The average Bonchev–Trinajstić information content (AvgIpc) is 2.84. The zero-order valence-electron chi connectivity index (χ0n) is 17.9. The third-order valence-corrected chi connectivity index (χ3v) is 4.41. The van der Waals surface area contributed by atoms with Crippen molar-refractivity contribution in [3.8, 4) is 11.5 Å². The largest absolute Gasteiger partial charge is 0.383 e. The van der Waals surface area contributed by atoms with Crippen LogP contribution in [0.15, 0.2) is 84.3 Å². The Morgan fingerprint density at radius 1 is 1.12 bits per heavy atom. The summed E-state index contributed by atoms with van der Waals surface area (Å²) in [4.78, 5) is 17.7. The summed E-state index contributed by atoms with van der Waals surface area (Å²) in [6.45, 7) is 8.29. The number of aromatic nitrogens is 3. The molecule has 3 N–H and O–H groups in total. The fourth-order valence-electron chi connectivity index (χ4n) is 2.91. The van der Waals surface area contributed by atoms with Gasteiger partial charge >= 0.3 is 0 Å². The van der Waals surface area contributed by atoms with Crippen molar-refractivity contribution in [1.82, 2.24) is 15.0 Å². The highest BCUT2D eigenvalue weighted by molar-refractivity contribution is 6.16. The Labute approximate surface area is 187 Å². The van der Waals surface area contributed by atoms with Crippen LogP contribution in [0.4, 0.5) is 11.6 Å². The summed E-state index contributed by atoms with van der Waals surface area (Å²) in [7, 11) is 1.63. The van der Waals surface area contributed by atoms with Gasteiger partial charge in [-0.1, -0.05) is 49.1 Å². The standard InChI is InChI=1S/C24H25N7O/c1-4-10-19(26-2)29-24-20(21(25)17-11-6-5-7-12-17)23(28-15-16-32-3)30-22(31-24)18-13-8-9-14-27-18/h4-14,25H,1-2,15-16H2,3H3,(H2,28,29,30,31)/b19-10+,25-21?. The highest BCUT2D eigenvalue weighted by atomic mass is 16.5. The molecule has 2 heterocycles. The Kier molecular flexibility index (Phi) is 7.94. The molecule has 0 aliphatic heterocycles. The first kappa shape index (κ1) is 22.5. The smallest absolute Gasteiger partial charge is 0.182 e. The number of anilines is 2. The van der Waals surface area contributed by atoms with Gasteiger partial charge in [-0.2, -0.15) is 0 Å². The molecule has 0 radical (unpaired) electrons. The van der Waals surface area contributed by atoms with Gasteiger partial charge < -0.3 is 15.4 Å². The van der Waals surface area contributed by atoms with Crippen molar-refractivity contribution >= 4 is 24.1 Å². The van der Waals surface area contributed by atoms with Gasteiger partial charge in [0.05, 0.1) is 17.9 Å². The predicted molar refractivity (Wildman–Crippen MR) is 129 cm³/mol. The van der Waals surface area contributed by atoms with Gasteiger partial charge in [-0.25, -0.2) is 15.0 Å². The predicted octanol–water partition coefficient (Wildman–Crippen LogP) is 4.15. The maximum atomic E-state index is 8.92. The van der Waals surface area contributed by atoms with Gasteiger partial charge in [0, 0.05) is 25.4 Å². The normalized spacial score (nSPS) is 11.0. The minimum absolute atomic E-state index is 0.252. The molecule has 0 aliphatic rings. The van der Waals surface area contributed by atoms with Gasteiger partial charge in [0.1, 0.15) is 23.2 Å². The molecule has 8 nitrogen and oxygen atoms in total. The second-order valence-electron chi connectivity index (χ2n) is 6.57. The van der Waals surface area contributed by atoms with E-state index in [4.69, 9.17) is 15.1 Å². The maximum absolute atomic E-state index is 8.92. The fraction of sp³-hybridized carbons (Fsp3) is 0.125. The molecule has 0 aliphatic carbocycles. The number of hydrogen-bond donors (Lipinski definition) is 3. The van der Waals surface area contributed by atoms with E-state index in [0.717, 1.165) is 5.56 Å². The molecule has 8 heteroatoms. The molecule has 3 aromatic rings. The van der Waals surface area contributed by atoms with E-state index >= 15 is 0 Å². The highest BCUT2D eigenvalue weighted by Gasteiger charge is 2.21. The molecule has 1 aromatic carbocycles. The van der Waals surface area contributed by atoms with Crippen molar-refractivity contribution in [3.05, 3.63) is 90.4 Å². The van der Waals surface area contributed by atoms with E-state index in [1.54, 1.807) is 25.5 Å². The first-order valence-electron chi connectivity index (χ1n) is 9.95. The summed E-state index contributed by atoms with van der Waals surface area (Å²) in [5.41, 5.74) is 2.07. The molecule has 0 atom stereocenters. The van der Waals surface area contributed by atoms with Crippen molar-refractivity contribution in [2.24, 2.45) is 4.99 Å². The molecule has 0 saturated heterocycles. The molecular weight excluding hydrogens is 402 g/mol. The molecule has 0 amide bonds. The number of pyridine rings is 1. The molecule has 0 fully saturated rings. The fourth-order valence-corrected chi connectivity index (χ4v) is 2.91. The third kappa shape index (κ3) is 5.50. The molecule has 2 aromatic heterocycles. The molecular formula is C24H25N7O. The van der Waals surface area contributed by atoms with Crippen LogP contribution in [0, 0.1) is 5.41 Å². The van der Waals surface area contributed by atoms with E-state index in [9.17, 15) is 0 Å². The van der Waals surface area contributed by atoms with Gasteiger partial charge in [0.2, 0.25) is 0 Å². The molecule has 3 rings (SSSR count). The second kappa shape index (κ2) is 11.3. The van der Waals surface area contributed by atoms with Crippen LogP contribution in [0.5, 0.6) is 0 Å². The zero-order valence-corrected chi connectivity index (χ0v) is 17.9. The number of rotatable bonds is 11. The molecule has 0 saturated carbocycles. The van der Waals surface area contributed by atoms with Gasteiger partial charge in [-0.3, -0.25) is 10.4 Å². The lowest BCUT2D eigenvalue weighted by atomic mass is 10.0.